The highest BCUT2D eigenvalue weighted by atomic mass is 32.2. The molecule has 1 heterocycles. The van der Waals surface area contributed by atoms with Crippen LogP contribution in [0, 0.1) is 0 Å². The van der Waals surface area contributed by atoms with E-state index < -0.39 is 11.7 Å². The van der Waals surface area contributed by atoms with E-state index in [0.29, 0.717) is 10.8 Å². The van der Waals surface area contributed by atoms with Gasteiger partial charge < -0.3 is 10.4 Å². The third-order valence-corrected chi connectivity index (χ3v) is 3.39. The van der Waals surface area contributed by atoms with Crippen LogP contribution in [0.1, 0.15) is 19.4 Å². The molecule has 0 aliphatic carbocycles. The average Bonchev–Trinajstić information content (AvgIpc) is 2.33. The number of rotatable bonds is 6. The van der Waals surface area contributed by atoms with Gasteiger partial charge in [-0.05, 0) is 12.1 Å². The van der Waals surface area contributed by atoms with Gasteiger partial charge in [-0.1, -0.05) is 13.8 Å². The SMILES string of the molecule is CC(C)NC(CO)CSc1ccc(C(F)(F)F)cn1. The minimum atomic E-state index is -4.36. The third kappa shape index (κ3) is 5.80. The summed E-state index contributed by atoms with van der Waals surface area (Å²) < 4.78 is 37.0. The smallest absolute Gasteiger partial charge is 0.395 e. The van der Waals surface area contributed by atoms with Crippen molar-refractivity contribution in [1.29, 1.82) is 0 Å². The molecule has 3 nitrogen and oxygen atoms in total. The van der Waals surface area contributed by atoms with E-state index in [4.69, 9.17) is 5.11 Å². The molecule has 0 saturated heterocycles. The summed E-state index contributed by atoms with van der Waals surface area (Å²) in [5, 5.41) is 12.8. The van der Waals surface area contributed by atoms with Gasteiger partial charge in [0.2, 0.25) is 0 Å². The Balaban J connectivity index is 2.54. The molecule has 0 amide bonds. The Bertz CT molecular complexity index is 382. The first-order valence-corrected chi connectivity index (χ1v) is 6.84. The second-order valence-corrected chi connectivity index (χ2v) is 5.44. The molecule has 19 heavy (non-hydrogen) atoms. The molecule has 0 saturated carbocycles. The van der Waals surface area contributed by atoms with Crippen LogP contribution < -0.4 is 5.32 Å². The number of alkyl halides is 3. The molecule has 1 aromatic rings. The molecule has 7 heteroatoms. The largest absolute Gasteiger partial charge is 0.417 e. The molecular weight excluding hydrogens is 277 g/mol. The number of aliphatic hydroxyl groups excluding tert-OH is 1. The number of aliphatic hydroxyl groups is 1. The maximum atomic E-state index is 12.3. The Kier molecular flexibility index (Phi) is 6.09. The normalized spacial score (nSPS) is 13.8. The molecule has 108 valence electrons. The second-order valence-electron chi connectivity index (χ2n) is 4.39. The van der Waals surface area contributed by atoms with Crippen molar-refractivity contribution in [3.8, 4) is 0 Å². The van der Waals surface area contributed by atoms with Crippen LogP contribution in [0.5, 0.6) is 0 Å². The molecule has 0 aromatic carbocycles. The van der Waals surface area contributed by atoms with E-state index >= 15 is 0 Å². The molecule has 2 N–H and O–H groups in total. The number of nitrogens with zero attached hydrogens (tertiary/aromatic N) is 1. The van der Waals surface area contributed by atoms with Crippen molar-refractivity contribution in [2.45, 2.75) is 37.1 Å². The second kappa shape index (κ2) is 7.12. The lowest BCUT2D eigenvalue weighted by Crippen LogP contribution is -2.39. The maximum absolute atomic E-state index is 12.3. The molecule has 1 unspecified atom stereocenters. The summed E-state index contributed by atoms with van der Waals surface area (Å²) in [7, 11) is 0. The van der Waals surface area contributed by atoms with Crippen LogP contribution in [-0.2, 0) is 6.18 Å². The molecular formula is C12H17F3N2OS. The number of thioether (sulfide) groups is 1. The van der Waals surface area contributed by atoms with E-state index in [0.717, 1.165) is 12.3 Å². The summed E-state index contributed by atoms with van der Waals surface area (Å²) in [5.41, 5.74) is -0.754. The van der Waals surface area contributed by atoms with Crippen molar-refractivity contribution < 1.29 is 18.3 Å². The van der Waals surface area contributed by atoms with Crippen molar-refractivity contribution in [1.82, 2.24) is 10.3 Å². The molecule has 0 aliphatic rings. The molecule has 1 aromatic heterocycles. The fraction of sp³-hybridized carbons (Fsp3) is 0.583. The van der Waals surface area contributed by atoms with Gasteiger partial charge in [-0.2, -0.15) is 13.2 Å². The summed E-state index contributed by atoms with van der Waals surface area (Å²) in [6.45, 7) is 3.90. The highest BCUT2D eigenvalue weighted by molar-refractivity contribution is 7.99. The number of aromatic nitrogens is 1. The highest BCUT2D eigenvalue weighted by Gasteiger charge is 2.30. The predicted molar refractivity (Wildman–Crippen MR) is 69.1 cm³/mol. The van der Waals surface area contributed by atoms with E-state index in [9.17, 15) is 13.2 Å². The van der Waals surface area contributed by atoms with Crippen LogP contribution in [0.15, 0.2) is 23.4 Å². The topological polar surface area (TPSA) is 45.1 Å². The van der Waals surface area contributed by atoms with Gasteiger partial charge in [0.15, 0.2) is 0 Å². The molecule has 0 aliphatic heterocycles. The van der Waals surface area contributed by atoms with Crippen LogP contribution in [0.4, 0.5) is 13.2 Å². The van der Waals surface area contributed by atoms with Gasteiger partial charge in [0.05, 0.1) is 17.2 Å². The standard InChI is InChI=1S/C12H17F3N2OS/c1-8(2)17-10(6-18)7-19-11-4-3-9(5-16-11)12(13,14)15/h3-5,8,10,17-18H,6-7H2,1-2H3. The van der Waals surface area contributed by atoms with Gasteiger partial charge in [0.25, 0.3) is 0 Å². The lowest BCUT2D eigenvalue weighted by atomic mass is 10.3. The molecule has 0 fully saturated rings. The zero-order valence-corrected chi connectivity index (χ0v) is 11.6. The van der Waals surface area contributed by atoms with Crippen molar-refractivity contribution in [3.63, 3.8) is 0 Å². The van der Waals surface area contributed by atoms with E-state index in [2.05, 4.69) is 10.3 Å². The maximum Gasteiger partial charge on any atom is 0.417 e. The number of hydrogen-bond donors (Lipinski definition) is 2. The number of hydrogen-bond acceptors (Lipinski definition) is 4. The van der Waals surface area contributed by atoms with Gasteiger partial charge in [-0.25, -0.2) is 4.98 Å². The quantitative estimate of drug-likeness (QED) is 0.792. The van der Waals surface area contributed by atoms with Crippen LogP contribution in [0.2, 0.25) is 0 Å². The van der Waals surface area contributed by atoms with Gasteiger partial charge in [0, 0.05) is 24.0 Å². The van der Waals surface area contributed by atoms with Crippen molar-refractivity contribution in [2.24, 2.45) is 0 Å². The lowest BCUT2D eigenvalue weighted by molar-refractivity contribution is -0.137. The Labute approximate surface area is 114 Å². The Morgan fingerprint density at radius 2 is 2.05 bits per heavy atom. The van der Waals surface area contributed by atoms with E-state index in [1.807, 2.05) is 13.8 Å². The molecule has 1 rings (SSSR count). The molecule has 0 bridgehead atoms. The average molecular weight is 294 g/mol. The first kappa shape index (κ1) is 16.3. The summed E-state index contributed by atoms with van der Waals surface area (Å²) >= 11 is 1.31. The first-order chi connectivity index (χ1) is 8.82. The first-order valence-electron chi connectivity index (χ1n) is 5.86. The van der Waals surface area contributed by atoms with Crippen LogP contribution in [0.3, 0.4) is 0 Å². The number of pyridine rings is 1. The van der Waals surface area contributed by atoms with Crippen LogP contribution >= 0.6 is 11.8 Å². The number of nitrogens with one attached hydrogen (secondary N) is 1. The lowest BCUT2D eigenvalue weighted by Gasteiger charge is -2.18. The fourth-order valence-electron chi connectivity index (χ4n) is 1.44. The summed E-state index contributed by atoms with van der Waals surface area (Å²) in [6.07, 6.45) is -3.53. The molecule has 1 atom stereocenters. The minimum Gasteiger partial charge on any atom is -0.395 e. The predicted octanol–water partition coefficient (Wildman–Crippen LogP) is 2.55. The molecule has 0 spiro atoms. The minimum absolute atomic E-state index is 0.0220. The summed E-state index contributed by atoms with van der Waals surface area (Å²) in [4.78, 5) is 3.76. The van der Waals surface area contributed by atoms with Crippen molar-refractivity contribution >= 4 is 11.8 Å². The number of halogens is 3. The van der Waals surface area contributed by atoms with Gasteiger partial charge in [-0.3, -0.25) is 0 Å². The monoisotopic (exact) mass is 294 g/mol. The Hall–Kier alpha value is -0.790. The summed E-state index contributed by atoms with van der Waals surface area (Å²) in [5.74, 6) is 0.549. The van der Waals surface area contributed by atoms with E-state index in [1.54, 1.807) is 0 Å². The Morgan fingerprint density at radius 1 is 1.37 bits per heavy atom. The van der Waals surface area contributed by atoms with Crippen LogP contribution in [0.25, 0.3) is 0 Å². The zero-order valence-electron chi connectivity index (χ0n) is 10.7. The van der Waals surface area contributed by atoms with Gasteiger partial charge in [-0.15, -0.1) is 11.8 Å². The van der Waals surface area contributed by atoms with Crippen molar-refractivity contribution in [3.05, 3.63) is 23.9 Å². The Morgan fingerprint density at radius 3 is 2.47 bits per heavy atom. The van der Waals surface area contributed by atoms with E-state index in [1.165, 1.54) is 17.8 Å². The van der Waals surface area contributed by atoms with Gasteiger partial charge >= 0.3 is 6.18 Å². The van der Waals surface area contributed by atoms with Gasteiger partial charge in [0.1, 0.15) is 0 Å². The molecule has 0 radical (unpaired) electrons. The van der Waals surface area contributed by atoms with Crippen molar-refractivity contribution in [2.75, 3.05) is 12.4 Å². The summed E-state index contributed by atoms with van der Waals surface area (Å²) in [6, 6.07) is 2.49. The fourth-order valence-corrected chi connectivity index (χ4v) is 2.31. The highest BCUT2D eigenvalue weighted by Crippen LogP contribution is 2.29. The van der Waals surface area contributed by atoms with Crippen LogP contribution in [-0.4, -0.2) is 34.5 Å². The van der Waals surface area contributed by atoms with E-state index in [-0.39, 0.29) is 18.7 Å². The zero-order chi connectivity index (χ0) is 14.5. The third-order valence-electron chi connectivity index (χ3n) is 2.29.